The Morgan fingerprint density at radius 2 is 1.82 bits per heavy atom. The number of nitrogens with zero attached hydrogens (tertiary/aromatic N) is 6. The van der Waals surface area contributed by atoms with E-state index in [0.29, 0.717) is 10.9 Å². The number of H-pyrrole nitrogens is 1. The van der Waals surface area contributed by atoms with Crippen LogP contribution < -0.4 is 10.9 Å². The van der Waals surface area contributed by atoms with Crippen LogP contribution in [0, 0.1) is 0 Å². The van der Waals surface area contributed by atoms with Gasteiger partial charge in [0.1, 0.15) is 16.5 Å². The summed E-state index contributed by atoms with van der Waals surface area (Å²) < 4.78 is 26.1. The van der Waals surface area contributed by atoms with E-state index in [4.69, 9.17) is 0 Å². The summed E-state index contributed by atoms with van der Waals surface area (Å²) in [6.07, 6.45) is 3.58. The van der Waals surface area contributed by atoms with Crippen molar-refractivity contribution in [1.29, 1.82) is 0 Å². The van der Waals surface area contributed by atoms with Crippen molar-refractivity contribution in [2.45, 2.75) is 10.9 Å². The fourth-order valence-corrected chi connectivity index (χ4v) is 4.38. The van der Waals surface area contributed by atoms with Crippen molar-refractivity contribution in [2.75, 3.05) is 11.6 Å². The van der Waals surface area contributed by atoms with Gasteiger partial charge in [-0.05, 0) is 36.4 Å². The number of carbonyl (C=O) groups excluding carboxylic acids is 1. The Balaban J connectivity index is 1.65. The number of sulfone groups is 1. The summed E-state index contributed by atoms with van der Waals surface area (Å²) in [5.41, 5.74) is -0.121. The van der Waals surface area contributed by atoms with Gasteiger partial charge in [-0.25, -0.2) is 18.4 Å². The van der Waals surface area contributed by atoms with E-state index >= 15 is 0 Å². The molecule has 1 amide bonds. The number of aromatic nitrogens is 5. The largest absolute Gasteiger partial charge is 0.506 e. The highest BCUT2D eigenvalue weighted by Gasteiger charge is 2.27. The second kappa shape index (κ2) is 10.3. The molecule has 39 heavy (non-hydrogen) atoms. The highest BCUT2D eigenvalue weighted by Crippen LogP contribution is 2.30. The summed E-state index contributed by atoms with van der Waals surface area (Å²) in [5, 5.41) is 25.3. The van der Waals surface area contributed by atoms with Crippen molar-refractivity contribution in [3.05, 3.63) is 95.3 Å². The minimum Gasteiger partial charge on any atom is -0.506 e. The number of pyridine rings is 1. The second-order valence-electron chi connectivity index (χ2n) is 8.30. The van der Waals surface area contributed by atoms with Gasteiger partial charge in [-0.15, -0.1) is 5.11 Å². The van der Waals surface area contributed by atoms with E-state index in [0.717, 1.165) is 17.1 Å². The number of hydrogen-bond donors (Lipinski definition) is 3. The number of anilines is 1. The molecule has 0 radical (unpaired) electrons. The van der Waals surface area contributed by atoms with Crippen LogP contribution in [0.1, 0.15) is 11.9 Å². The normalized spacial score (nSPS) is 12.5. The van der Waals surface area contributed by atoms with Crippen LogP contribution in [0.3, 0.4) is 0 Å². The molecule has 0 aliphatic heterocycles. The lowest BCUT2D eigenvalue weighted by atomic mass is 10.2. The number of para-hydroxylation sites is 3. The first-order valence-corrected chi connectivity index (χ1v) is 13.3. The topological polar surface area (TPSA) is 185 Å². The van der Waals surface area contributed by atoms with Crippen LogP contribution in [0.4, 0.5) is 11.5 Å². The molecular formula is C25H20N8O5S. The molecule has 0 spiro atoms. The van der Waals surface area contributed by atoms with E-state index < -0.39 is 27.3 Å². The molecule has 5 rings (SSSR count). The zero-order valence-corrected chi connectivity index (χ0v) is 21.1. The lowest BCUT2D eigenvalue weighted by Crippen LogP contribution is -2.24. The third kappa shape index (κ3) is 5.26. The number of benzene rings is 2. The molecule has 0 bridgehead atoms. The number of phenols is 1. The SMILES string of the molecule is CS(=O)(=O)c1cnn(-c2ccccn2)c1N=NC(C(=O)Nc1ccccc1O)c1nc2ccccc2c(=O)[nH]1. The van der Waals surface area contributed by atoms with Gasteiger partial charge in [0.2, 0.25) is 6.04 Å². The Morgan fingerprint density at radius 3 is 2.56 bits per heavy atom. The maximum Gasteiger partial charge on any atom is 0.259 e. The Bertz CT molecular complexity index is 1880. The summed E-state index contributed by atoms with van der Waals surface area (Å²) in [6, 6.07) is 15.9. The van der Waals surface area contributed by atoms with Crippen molar-refractivity contribution < 1.29 is 18.3 Å². The average Bonchev–Trinajstić information content (AvgIpc) is 3.35. The van der Waals surface area contributed by atoms with Crippen molar-refractivity contribution in [2.24, 2.45) is 10.2 Å². The molecule has 0 saturated heterocycles. The minimum absolute atomic E-state index is 0.0844. The summed E-state index contributed by atoms with van der Waals surface area (Å²) in [6.45, 7) is 0. The Hall–Kier alpha value is -5.24. The van der Waals surface area contributed by atoms with E-state index in [1.54, 1.807) is 54.6 Å². The van der Waals surface area contributed by atoms with E-state index in [9.17, 15) is 23.1 Å². The van der Waals surface area contributed by atoms with Gasteiger partial charge in [0, 0.05) is 12.5 Å². The lowest BCUT2D eigenvalue weighted by Gasteiger charge is -2.13. The number of phenolic OH excluding ortho intramolecular Hbond substituents is 1. The van der Waals surface area contributed by atoms with Crippen molar-refractivity contribution in [3.8, 4) is 11.6 Å². The number of nitrogens with one attached hydrogen (secondary N) is 2. The maximum absolute atomic E-state index is 13.4. The first-order valence-electron chi connectivity index (χ1n) is 11.4. The van der Waals surface area contributed by atoms with Gasteiger partial charge in [0.05, 0.1) is 22.8 Å². The Kier molecular flexibility index (Phi) is 6.68. The molecule has 14 heteroatoms. The standard InChI is InChI=1S/C25H20N8O5S/c1-39(37,38)19-14-27-33(20-12-6-7-13-26-20)23(19)32-31-21(25(36)29-17-10-4-5-11-18(17)34)22-28-16-9-3-2-8-15(16)24(35)30-22/h2-14,21,34H,1H3,(H,29,36)(H,28,30,35). The molecule has 1 atom stereocenters. The van der Waals surface area contributed by atoms with Crippen LogP contribution in [0.5, 0.6) is 5.75 Å². The van der Waals surface area contributed by atoms with Crippen molar-refractivity contribution >= 4 is 38.2 Å². The first-order chi connectivity index (χ1) is 18.7. The molecular weight excluding hydrogens is 524 g/mol. The summed E-state index contributed by atoms with van der Waals surface area (Å²) >= 11 is 0. The van der Waals surface area contributed by atoms with Gasteiger partial charge in [-0.1, -0.05) is 30.3 Å². The lowest BCUT2D eigenvalue weighted by molar-refractivity contribution is -0.117. The third-order valence-corrected chi connectivity index (χ3v) is 6.63. The smallest absolute Gasteiger partial charge is 0.259 e. The third-order valence-electron chi connectivity index (χ3n) is 5.55. The minimum atomic E-state index is -3.82. The number of amides is 1. The molecule has 3 heterocycles. The monoisotopic (exact) mass is 544 g/mol. The molecule has 13 nitrogen and oxygen atoms in total. The summed E-state index contributed by atoms with van der Waals surface area (Å²) in [5.74, 6) is -1.11. The van der Waals surface area contributed by atoms with E-state index in [1.165, 1.54) is 18.3 Å². The molecule has 5 aromatic rings. The number of rotatable bonds is 7. The van der Waals surface area contributed by atoms with Crippen LogP contribution in [0.15, 0.2) is 99.0 Å². The molecule has 0 aliphatic rings. The van der Waals surface area contributed by atoms with Crippen LogP contribution >= 0.6 is 0 Å². The quantitative estimate of drug-likeness (QED) is 0.206. The summed E-state index contributed by atoms with van der Waals surface area (Å²) in [4.78, 5) is 37.0. The number of azo groups is 1. The predicted octanol–water partition coefficient (Wildman–Crippen LogP) is 3.08. The zero-order chi connectivity index (χ0) is 27.6. The molecule has 0 aliphatic carbocycles. The zero-order valence-electron chi connectivity index (χ0n) is 20.3. The van der Waals surface area contributed by atoms with Crippen LogP contribution in [0.25, 0.3) is 16.7 Å². The highest BCUT2D eigenvalue weighted by atomic mass is 32.2. The molecule has 3 N–H and O–H groups in total. The van der Waals surface area contributed by atoms with Crippen molar-refractivity contribution in [1.82, 2.24) is 24.7 Å². The maximum atomic E-state index is 13.4. The van der Waals surface area contributed by atoms with E-state index in [2.05, 4.69) is 35.6 Å². The van der Waals surface area contributed by atoms with Gasteiger partial charge < -0.3 is 15.4 Å². The van der Waals surface area contributed by atoms with Gasteiger partial charge in [-0.2, -0.15) is 14.9 Å². The van der Waals surface area contributed by atoms with Gasteiger partial charge in [0.15, 0.2) is 21.5 Å². The molecule has 1 unspecified atom stereocenters. The predicted molar refractivity (Wildman–Crippen MR) is 141 cm³/mol. The summed E-state index contributed by atoms with van der Waals surface area (Å²) in [7, 11) is -3.82. The number of aromatic amines is 1. The highest BCUT2D eigenvalue weighted by molar-refractivity contribution is 7.90. The fourth-order valence-electron chi connectivity index (χ4n) is 3.69. The van der Waals surface area contributed by atoms with Crippen LogP contribution in [-0.4, -0.2) is 50.4 Å². The average molecular weight is 545 g/mol. The van der Waals surface area contributed by atoms with Gasteiger partial charge in [0.25, 0.3) is 11.5 Å². The van der Waals surface area contributed by atoms with Crippen LogP contribution in [-0.2, 0) is 14.6 Å². The number of fused-ring (bicyclic) bond motifs is 1. The van der Waals surface area contributed by atoms with Crippen molar-refractivity contribution in [3.63, 3.8) is 0 Å². The van der Waals surface area contributed by atoms with E-state index in [-0.39, 0.29) is 33.8 Å². The first kappa shape index (κ1) is 25.4. The van der Waals surface area contributed by atoms with E-state index in [1.807, 2.05) is 0 Å². The van der Waals surface area contributed by atoms with Gasteiger partial charge >= 0.3 is 0 Å². The van der Waals surface area contributed by atoms with Crippen LogP contribution in [0.2, 0.25) is 0 Å². The molecule has 0 fully saturated rings. The molecule has 196 valence electrons. The Morgan fingerprint density at radius 1 is 1.08 bits per heavy atom. The number of carbonyl (C=O) groups is 1. The fraction of sp³-hybridized carbons (Fsp3) is 0.0800. The molecule has 2 aromatic carbocycles. The Labute approximate surface area is 220 Å². The number of aromatic hydroxyl groups is 1. The molecule has 0 saturated carbocycles. The molecule has 3 aromatic heterocycles. The second-order valence-corrected chi connectivity index (χ2v) is 10.3. The number of hydrogen-bond acceptors (Lipinski definition) is 10. The van der Waals surface area contributed by atoms with Gasteiger partial charge in [-0.3, -0.25) is 9.59 Å².